The van der Waals surface area contributed by atoms with Gasteiger partial charge in [0, 0.05) is 16.1 Å². The van der Waals surface area contributed by atoms with Crippen molar-refractivity contribution in [3.8, 4) is 11.5 Å². The van der Waals surface area contributed by atoms with Crippen LogP contribution in [0.3, 0.4) is 0 Å². The highest BCUT2D eigenvalue weighted by molar-refractivity contribution is 9.10. The molecule has 7 nitrogen and oxygen atoms in total. The molecule has 10 heteroatoms. The van der Waals surface area contributed by atoms with E-state index in [1.807, 2.05) is 68.4 Å². The number of fused-ring (bicyclic) bond motifs is 1. The molecular formula is C33H30BrClN2O5S. The van der Waals surface area contributed by atoms with Crippen LogP contribution in [0.25, 0.3) is 6.08 Å². The molecule has 0 saturated heterocycles. The third-order valence-corrected chi connectivity index (χ3v) is 8.43. The molecule has 1 atom stereocenters. The van der Waals surface area contributed by atoms with Crippen LogP contribution in [-0.4, -0.2) is 23.2 Å². The van der Waals surface area contributed by atoms with Crippen molar-refractivity contribution in [2.45, 2.75) is 46.4 Å². The van der Waals surface area contributed by atoms with Gasteiger partial charge in [-0.1, -0.05) is 71.5 Å². The largest absolute Gasteiger partial charge is 0.491 e. The van der Waals surface area contributed by atoms with Gasteiger partial charge in [0.15, 0.2) is 4.80 Å². The normalized spacial score (nSPS) is 14.9. The Hall–Kier alpha value is -3.66. The fourth-order valence-electron chi connectivity index (χ4n) is 4.86. The molecule has 1 aliphatic rings. The Morgan fingerprint density at radius 3 is 2.58 bits per heavy atom. The van der Waals surface area contributed by atoms with E-state index in [4.69, 9.17) is 25.8 Å². The molecule has 0 spiro atoms. The lowest BCUT2D eigenvalue weighted by Crippen LogP contribution is -2.40. The number of thiazole rings is 1. The van der Waals surface area contributed by atoms with Crippen molar-refractivity contribution in [3.63, 3.8) is 0 Å². The Kier molecular flexibility index (Phi) is 9.54. The van der Waals surface area contributed by atoms with E-state index in [0.29, 0.717) is 53.8 Å². The lowest BCUT2D eigenvalue weighted by Gasteiger charge is -2.26. The first-order valence-corrected chi connectivity index (χ1v) is 15.8. The Balaban J connectivity index is 1.69. The zero-order valence-corrected chi connectivity index (χ0v) is 27.3. The van der Waals surface area contributed by atoms with Gasteiger partial charge in [-0.3, -0.25) is 9.36 Å². The molecule has 0 fully saturated rings. The molecule has 0 saturated carbocycles. The van der Waals surface area contributed by atoms with Gasteiger partial charge in [-0.2, -0.15) is 0 Å². The molecule has 1 aromatic heterocycles. The van der Waals surface area contributed by atoms with E-state index in [0.717, 1.165) is 5.56 Å². The zero-order valence-electron chi connectivity index (χ0n) is 24.1. The predicted octanol–water partition coefficient (Wildman–Crippen LogP) is 6.58. The smallest absolute Gasteiger partial charge is 0.338 e. The first-order valence-electron chi connectivity index (χ1n) is 13.8. The van der Waals surface area contributed by atoms with Crippen molar-refractivity contribution in [3.05, 3.63) is 124 Å². The fraction of sp³-hybridized carbons (Fsp3) is 0.242. The van der Waals surface area contributed by atoms with Crippen molar-refractivity contribution < 1.29 is 19.0 Å². The number of carbonyl (C=O) groups excluding carboxylic acids is 1. The monoisotopic (exact) mass is 680 g/mol. The summed E-state index contributed by atoms with van der Waals surface area (Å²) in [5.74, 6) is 0.594. The molecule has 5 rings (SSSR count). The summed E-state index contributed by atoms with van der Waals surface area (Å²) in [6, 6.07) is 19.9. The second-order valence-electron chi connectivity index (χ2n) is 10.1. The molecule has 0 radical (unpaired) electrons. The number of para-hydroxylation sites is 1. The van der Waals surface area contributed by atoms with Crippen LogP contribution in [0.4, 0.5) is 0 Å². The Bertz CT molecular complexity index is 1880. The molecule has 222 valence electrons. The maximum Gasteiger partial charge on any atom is 0.338 e. The summed E-state index contributed by atoms with van der Waals surface area (Å²) in [6.07, 6.45) is 1.63. The van der Waals surface area contributed by atoms with Crippen LogP contribution in [0.5, 0.6) is 11.5 Å². The molecule has 0 N–H and O–H groups in total. The number of aromatic nitrogens is 1. The molecule has 4 aromatic rings. The van der Waals surface area contributed by atoms with Gasteiger partial charge in [0.05, 0.1) is 33.0 Å². The molecule has 1 aliphatic heterocycles. The third kappa shape index (κ3) is 6.64. The van der Waals surface area contributed by atoms with E-state index in [1.54, 1.807) is 36.6 Å². The molecule has 0 unspecified atom stereocenters. The van der Waals surface area contributed by atoms with E-state index < -0.39 is 12.0 Å². The average molecular weight is 682 g/mol. The second-order valence-corrected chi connectivity index (χ2v) is 12.4. The van der Waals surface area contributed by atoms with Crippen molar-refractivity contribution in [1.82, 2.24) is 4.57 Å². The minimum atomic E-state index is -0.799. The average Bonchev–Trinajstić information content (AvgIpc) is 3.26. The Labute approximate surface area is 266 Å². The number of halogens is 2. The second kappa shape index (κ2) is 13.3. The number of hydrogen-bond acceptors (Lipinski definition) is 7. The van der Waals surface area contributed by atoms with Crippen LogP contribution in [0.1, 0.15) is 50.4 Å². The SMILES string of the molecule is CCOC(=O)C1=C(C)N=c2s/c(=C\c3cc(Cl)cc(Br)c3OCc3ccccc3)c(=O)n2[C@@H]1c1ccccc1OC(C)C. The topological polar surface area (TPSA) is 79.1 Å². The van der Waals surface area contributed by atoms with Crippen molar-refractivity contribution >= 4 is 50.9 Å². The number of esters is 1. The van der Waals surface area contributed by atoms with E-state index in [9.17, 15) is 9.59 Å². The van der Waals surface area contributed by atoms with Gasteiger partial charge >= 0.3 is 5.97 Å². The number of nitrogens with zero attached hydrogens (tertiary/aromatic N) is 2. The minimum Gasteiger partial charge on any atom is -0.491 e. The van der Waals surface area contributed by atoms with Gasteiger partial charge in [-0.05, 0) is 73.5 Å². The van der Waals surface area contributed by atoms with Crippen LogP contribution in [0.15, 0.2) is 92.3 Å². The van der Waals surface area contributed by atoms with Crippen molar-refractivity contribution in [2.24, 2.45) is 4.99 Å². The summed E-state index contributed by atoms with van der Waals surface area (Å²) in [4.78, 5) is 32.7. The molecule has 3 aromatic carbocycles. The highest BCUT2D eigenvalue weighted by Crippen LogP contribution is 2.37. The number of benzene rings is 3. The summed E-state index contributed by atoms with van der Waals surface area (Å²) >= 11 is 11.2. The van der Waals surface area contributed by atoms with Crippen LogP contribution in [0, 0.1) is 0 Å². The molecule has 0 aliphatic carbocycles. The van der Waals surface area contributed by atoms with Crippen molar-refractivity contribution in [2.75, 3.05) is 6.61 Å². The van der Waals surface area contributed by atoms with Gasteiger partial charge in [0.2, 0.25) is 0 Å². The molecule has 43 heavy (non-hydrogen) atoms. The van der Waals surface area contributed by atoms with E-state index in [-0.39, 0.29) is 23.8 Å². The van der Waals surface area contributed by atoms with Crippen LogP contribution in [-0.2, 0) is 16.1 Å². The maximum absolute atomic E-state index is 14.2. The van der Waals surface area contributed by atoms with Gasteiger partial charge in [-0.15, -0.1) is 0 Å². The molecular weight excluding hydrogens is 652 g/mol. The first kappa shape index (κ1) is 30.8. The van der Waals surface area contributed by atoms with Gasteiger partial charge in [0.25, 0.3) is 5.56 Å². The van der Waals surface area contributed by atoms with E-state index in [2.05, 4.69) is 20.9 Å². The standard InChI is InChI=1S/C33H30BrClN2O5S/c1-5-40-32(39)28-20(4)36-33-37(29(28)24-13-9-10-14-26(24)42-19(2)3)31(38)27(43-33)16-22-15-23(35)17-25(34)30(22)41-18-21-11-7-6-8-12-21/h6-17,19,29H,5,18H2,1-4H3/b27-16-/t29-/m1/s1. The van der Waals surface area contributed by atoms with E-state index in [1.165, 1.54) is 11.3 Å². The minimum absolute atomic E-state index is 0.122. The maximum atomic E-state index is 14.2. The van der Waals surface area contributed by atoms with E-state index >= 15 is 0 Å². The quantitative estimate of drug-likeness (QED) is 0.187. The van der Waals surface area contributed by atoms with Gasteiger partial charge < -0.3 is 14.2 Å². The number of ether oxygens (including phenoxy) is 3. The zero-order chi connectivity index (χ0) is 30.7. The number of hydrogen-bond donors (Lipinski definition) is 0. The van der Waals surface area contributed by atoms with Crippen LogP contribution < -0.4 is 24.4 Å². The first-order chi connectivity index (χ1) is 20.7. The van der Waals surface area contributed by atoms with Crippen LogP contribution >= 0.6 is 38.9 Å². The summed E-state index contributed by atoms with van der Waals surface area (Å²) in [5, 5.41) is 0.482. The summed E-state index contributed by atoms with van der Waals surface area (Å²) in [6.45, 7) is 7.87. The fourth-order valence-corrected chi connectivity index (χ4v) is 6.85. The molecule has 2 heterocycles. The highest BCUT2D eigenvalue weighted by atomic mass is 79.9. The predicted molar refractivity (Wildman–Crippen MR) is 173 cm³/mol. The summed E-state index contributed by atoms with van der Waals surface area (Å²) < 4.78 is 20.4. The van der Waals surface area contributed by atoms with Gasteiger partial charge in [0.1, 0.15) is 24.1 Å². The third-order valence-electron chi connectivity index (χ3n) is 6.64. The lowest BCUT2D eigenvalue weighted by atomic mass is 9.95. The molecule has 0 amide bonds. The number of rotatable bonds is 9. The molecule has 0 bridgehead atoms. The summed E-state index contributed by atoms with van der Waals surface area (Å²) in [5.41, 5.74) is 2.75. The Morgan fingerprint density at radius 1 is 1.14 bits per heavy atom. The highest BCUT2D eigenvalue weighted by Gasteiger charge is 2.35. The van der Waals surface area contributed by atoms with Crippen molar-refractivity contribution in [1.29, 1.82) is 0 Å². The number of allylic oxidation sites excluding steroid dienone is 1. The Morgan fingerprint density at radius 2 is 1.86 bits per heavy atom. The van der Waals surface area contributed by atoms with Crippen LogP contribution in [0.2, 0.25) is 5.02 Å². The number of carbonyl (C=O) groups is 1. The lowest BCUT2D eigenvalue weighted by molar-refractivity contribution is -0.139. The summed E-state index contributed by atoms with van der Waals surface area (Å²) in [7, 11) is 0. The van der Waals surface area contributed by atoms with Gasteiger partial charge in [-0.25, -0.2) is 9.79 Å².